The number of carbonyl (C=O) groups excluding carboxylic acids is 2. The maximum atomic E-state index is 13.0. The van der Waals surface area contributed by atoms with Crippen molar-refractivity contribution in [1.29, 1.82) is 0 Å². The number of rotatable bonds is 8. The average Bonchev–Trinajstić information content (AvgIpc) is 3.27. The molecular formula is C22H25NO5. The summed E-state index contributed by atoms with van der Waals surface area (Å²) < 4.78 is 10.8. The summed E-state index contributed by atoms with van der Waals surface area (Å²) in [5, 5.41) is 10.5. The van der Waals surface area contributed by atoms with Crippen LogP contribution >= 0.6 is 0 Å². The molecule has 1 aromatic carbocycles. The number of ketones is 1. The molecular weight excluding hydrogens is 358 g/mol. The van der Waals surface area contributed by atoms with E-state index in [0.717, 1.165) is 11.1 Å². The number of amides is 1. The van der Waals surface area contributed by atoms with Gasteiger partial charge in [0.15, 0.2) is 11.5 Å². The number of furan rings is 1. The zero-order valence-electron chi connectivity index (χ0n) is 16.3. The molecule has 0 fully saturated rings. The average molecular weight is 383 g/mol. The van der Waals surface area contributed by atoms with Crippen LogP contribution in [0.2, 0.25) is 0 Å². The van der Waals surface area contributed by atoms with Crippen LogP contribution in [0.4, 0.5) is 0 Å². The van der Waals surface area contributed by atoms with Crippen LogP contribution in [0.3, 0.4) is 0 Å². The zero-order chi connectivity index (χ0) is 20.3. The lowest BCUT2D eigenvalue weighted by atomic mass is 9.94. The highest BCUT2D eigenvalue weighted by atomic mass is 16.5. The van der Waals surface area contributed by atoms with Crippen LogP contribution in [0.5, 0.6) is 0 Å². The summed E-state index contributed by atoms with van der Waals surface area (Å²) in [4.78, 5) is 27.3. The van der Waals surface area contributed by atoms with Gasteiger partial charge in [-0.1, -0.05) is 29.8 Å². The second-order valence-corrected chi connectivity index (χ2v) is 7.16. The lowest BCUT2D eigenvalue weighted by Gasteiger charge is -2.27. The van der Waals surface area contributed by atoms with Crippen molar-refractivity contribution < 1.29 is 23.8 Å². The van der Waals surface area contributed by atoms with E-state index >= 15 is 0 Å². The summed E-state index contributed by atoms with van der Waals surface area (Å²) in [7, 11) is 0. The number of ether oxygens (including phenoxy) is 1. The van der Waals surface area contributed by atoms with Gasteiger partial charge in [0.2, 0.25) is 5.78 Å². The van der Waals surface area contributed by atoms with Crippen LogP contribution in [-0.4, -0.2) is 41.0 Å². The first kappa shape index (κ1) is 19.9. The van der Waals surface area contributed by atoms with E-state index in [4.69, 9.17) is 9.15 Å². The van der Waals surface area contributed by atoms with Gasteiger partial charge >= 0.3 is 0 Å². The number of hydrogen-bond acceptors (Lipinski definition) is 5. The van der Waals surface area contributed by atoms with E-state index in [1.807, 2.05) is 45.0 Å². The van der Waals surface area contributed by atoms with E-state index in [1.54, 1.807) is 6.07 Å². The summed E-state index contributed by atoms with van der Waals surface area (Å²) in [5.74, 6) is -1.45. The van der Waals surface area contributed by atoms with Gasteiger partial charge in [0, 0.05) is 13.2 Å². The van der Waals surface area contributed by atoms with E-state index in [-0.39, 0.29) is 17.4 Å². The third-order valence-corrected chi connectivity index (χ3v) is 4.65. The molecule has 3 rings (SSSR count). The molecule has 1 unspecified atom stereocenters. The Morgan fingerprint density at radius 2 is 2.07 bits per heavy atom. The summed E-state index contributed by atoms with van der Waals surface area (Å²) in [6.45, 7) is 6.69. The highest BCUT2D eigenvalue weighted by Gasteiger charge is 2.44. The first-order valence-electron chi connectivity index (χ1n) is 9.40. The molecule has 148 valence electrons. The first-order chi connectivity index (χ1) is 13.4. The van der Waals surface area contributed by atoms with Crippen molar-refractivity contribution in [2.45, 2.75) is 39.3 Å². The third kappa shape index (κ3) is 4.02. The van der Waals surface area contributed by atoms with Crippen molar-refractivity contribution in [3.63, 3.8) is 0 Å². The van der Waals surface area contributed by atoms with Gasteiger partial charge in [0.05, 0.1) is 24.0 Å². The molecule has 28 heavy (non-hydrogen) atoms. The third-order valence-electron chi connectivity index (χ3n) is 4.65. The summed E-state index contributed by atoms with van der Waals surface area (Å²) in [5.41, 5.74) is 1.83. The molecule has 0 aliphatic carbocycles. The Morgan fingerprint density at radius 3 is 2.71 bits per heavy atom. The Morgan fingerprint density at radius 1 is 1.29 bits per heavy atom. The fraction of sp³-hybridized carbons (Fsp3) is 0.364. The number of hydrogen-bond donors (Lipinski definition) is 1. The Hall–Kier alpha value is -2.86. The summed E-state index contributed by atoms with van der Waals surface area (Å²) in [6.07, 6.45) is 2.09. The predicted octanol–water partition coefficient (Wildman–Crippen LogP) is 3.98. The lowest BCUT2D eigenvalue weighted by Crippen LogP contribution is -2.32. The van der Waals surface area contributed by atoms with Crippen LogP contribution in [-0.2, 0) is 9.53 Å². The molecule has 0 saturated heterocycles. The Bertz CT molecular complexity index is 882. The smallest absolute Gasteiger partial charge is 0.290 e. The number of nitrogens with zero attached hydrogens (tertiary/aromatic N) is 1. The monoisotopic (exact) mass is 383 g/mol. The molecule has 2 heterocycles. The molecule has 6 nitrogen and oxygen atoms in total. The Balaban J connectivity index is 1.94. The van der Waals surface area contributed by atoms with Gasteiger partial charge in [-0.2, -0.15) is 0 Å². The van der Waals surface area contributed by atoms with E-state index in [0.29, 0.717) is 19.6 Å². The fourth-order valence-corrected chi connectivity index (χ4v) is 3.40. The van der Waals surface area contributed by atoms with Gasteiger partial charge in [0.1, 0.15) is 0 Å². The second kappa shape index (κ2) is 8.44. The van der Waals surface area contributed by atoms with Crippen molar-refractivity contribution in [2.75, 3.05) is 13.2 Å². The molecule has 0 radical (unpaired) electrons. The van der Waals surface area contributed by atoms with Crippen molar-refractivity contribution in [3.05, 3.63) is 70.9 Å². The molecule has 1 aromatic heterocycles. The highest BCUT2D eigenvalue weighted by molar-refractivity contribution is 6.15. The molecule has 0 saturated carbocycles. The van der Waals surface area contributed by atoms with Crippen molar-refractivity contribution in [1.82, 2.24) is 4.90 Å². The SMILES string of the molecule is Cc1cccc(C2C(C(=O)c3ccco3)=C(O)C(=O)N2CCCOC(C)C)c1. The topological polar surface area (TPSA) is 80.0 Å². The highest BCUT2D eigenvalue weighted by Crippen LogP contribution is 2.39. The fourth-order valence-electron chi connectivity index (χ4n) is 3.40. The van der Waals surface area contributed by atoms with Gasteiger partial charge in [-0.05, 0) is 44.9 Å². The molecule has 6 heteroatoms. The number of aliphatic hydroxyl groups excluding tert-OH is 1. The molecule has 2 aromatic rings. The van der Waals surface area contributed by atoms with Gasteiger partial charge in [-0.3, -0.25) is 9.59 Å². The minimum Gasteiger partial charge on any atom is -0.503 e. The van der Waals surface area contributed by atoms with Crippen LogP contribution in [0.15, 0.2) is 58.4 Å². The van der Waals surface area contributed by atoms with Crippen molar-refractivity contribution in [3.8, 4) is 0 Å². The maximum absolute atomic E-state index is 13.0. The molecule has 1 aliphatic rings. The van der Waals surface area contributed by atoms with E-state index in [9.17, 15) is 14.7 Å². The zero-order valence-corrected chi connectivity index (χ0v) is 16.3. The normalized spacial score (nSPS) is 17.1. The maximum Gasteiger partial charge on any atom is 0.290 e. The van der Waals surface area contributed by atoms with Crippen molar-refractivity contribution >= 4 is 11.7 Å². The Kier molecular flexibility index (Phi) is 5.99. The van der Waals surface area contributed by atoms with E-state index in [2.05, 4.69) is 0 Å². The minimum absolute atomic E-state index is 0.0512. The number of aryl methyl sites for hydroxylation is 1. The predicted molar refractivity (Wildman–Crippen MR) is 104 cm³/mol. The molecule has 1 N–H and O–H groups in total. The van der Waals surface area contributed by atoms with Gasteiger partial charge in [-0.25, -0.2) is 0 Å². The number of Topliss-reactive ketones (excluding diaryl/α,β-unsaturated/α-hetero) is 1. The quantitative estimate of drug-likeness (QED) is 0.551. The van der Waals surface area contributed by atoms with Gasteiger partial charge < -0.3 is 19.2 Å². The molecule has 1 aliphatic heterocycles. The molecule has 0 bridgehead atoms. The second-order valence-electron chi connectivity index (χ2n) is 7.16. The molecule has 0 spiro atoms. The summed E-state index contributed by atoms with van der Waals surface area (Å²) in [6, 6.07) is 10.1. The largest absolute Gasteiger partial charge is 0.503 e. The number of carbonyl (C=O) groups is 2. The van der Waals surface area contributed by atoms with Gasteiger partial charge in [0.25, 0.3) is 5.91 Å². The summed E-state index contributed by atoms with van der Waals surface area (Å²) >= 11 is 0. The van der Waals surface area contributed by atoms with E-state index in [1.165, 1.54) is 17.2 Å². The molecule has 1 amide bonds. The standard InChI is InChI=1S/C22H25NO5/c1-14(2)27-12-6-10-23-19(16-8-4-7-15(3)13-16)18(21(25)22(23)26)20(24)17-9-5-11-28-17/h4-5,7-9,11,13-14,19,25H,6,10,12H2,1-3H3. The van der Waals surface area contributed by atoms with Crippen LogP contribution in [0.1, 0.15) is 48.0 Å². The van der Waals surface area contributed by atoms with Crippen LogP contribution in [0, 0.1) is 6.92 Å². The van der Waals surface area contributed by atoms with Gasteiger partial charge in [-0.15, -0.1) is 0 Å². The van der Waals surface area contributed by atoms with E-state index < -0.39 is 23.5 Å². The van der Waals surface area contributed by atoms with Crippen molar-refractivity contribution in [2.24, 2.45) is 0 Å². The van der Waals surface area contributed by atoms with Crippen LogP contribution < -0.4 is 0 Å². The molecule has 1 atom stereocenters. The Labute approximate surface area is 164 Å². The van der Waals surface area contributed by atoms with Crippen LogP contribution in [0.25, 0.3) is 0 Å². The first-order valence-corrected chi connectivity index (χ1v) is 9.40. The minimum atomic E-state index is -0.663. The number of aliphatic hydroxyl groups is 1. The lowest BCUT2D eigenvalue weighted by molar-refractivity contribution is -0.129. The number of benzene rings is 1.